The fourth-order valence-corrected chi connectivity index (χ4v) is 2.10. The van der Waals surface area contributed by atoms with Crippen molar-refractivity contribution in [2.45, 2.75) is 26.8 Å². The molecule has 0 fully saturated rings. The zero-order chi connectivity index (χ0) is 13.8. The van der Waals surface area contributed by atoms with Crippen molar-refractivity contribution in [3.8, 4) is 0 Å². The lowest BCUT2D eigenvalue weighted by Crippen LogP contribution is -2.10. The van der Waals surface area contributed by atoms with Crippen molar-refractivity contribution in [3.05, 3.63) is 23.2 Å². The Morgan fingerprint density at radius 3 is 2.89 bits per heavy atom. The average molecular weight is 282 g/mol. The Morgan fingerprint density at radius 2 is 2.16 bits per heavy atom. The fourth-order valence-electron chi connectivity index (χ4n) is 1.93. The minimum Gasteiger partial charge on any atom is -0.380 e. The van der Waals surface area contributed by atoms with E-state index in [1.807, 2.05) is 22.8 Å². The van der Waals surface area contributed by atoms with E-state index in [0.717, 1.165) is 24.1 Å². The number of nitrogen functional groups attached to an aromatic ring is 1. The van der Waals surface area contributed by atoms with Crippen LogP contribution in [0.3, 0.4) is 0 Å². The Morgan fingerprint density at radius 1 is 1.37 bits per heavy atom. The third-order valence-electron chi connectivity index (χ3n) is 3.04. The van der Waals surface area contributed by atoms with Crippen LogP contribution in [0, 0.1) is 5.92 Å². The summed E-state index contributed by atoms with van der Waals surface area (Å²) in [5.41, 5.74) is 7.74. The first-order valence-corrected chi connectivity index (χ1v) is 6.94. The molecule has 0 atom stereocenters. The molecule has 1 aromatic carbocycles. The maximum atomic E-state index is 5.94. The quantitative estimate of drug-likeness (QED) is 0.826. The normalized spacial score (nSPS) is 11.6. The summed E-state index contributed by atoms with van der Waals surface area (Å²) in [7, 11) is 0. The minimum atomic E-state index is 0.504. The van der Waals surface area contributed by atoms with Crippen LogP contribution >= 0.6 is 11.6 Å². The second-order valence-corrected chi connectivity index (χ2v) is 5.49. The lowest BCUT2D eigenvalue weighted by Gasteiger charge is -2.08. The highest BCUT2D eigenvalue weighted by molar-refractivity contribution is 6.31. The maximum absolute atomic E-state index is 5.94. The van der Waals surface area contributed by atoms with Crippen molar-refractivity contribution in [1.29, 1.82) is 0 Å². The number of hydrogen-bond donors (Lipinski definition) is 1. The van der Waals surface area contributed by atoms with Gasteiger partial charge in [0.1, 0.15) is 0 Å². The number of ether oxygens (including phenoxy) is 1. The van der Waals surface area contributed by atoms with Gasteiger partial charge in [0.15, 0.2) is 0 Å². The first kappa shape index (κ1) is 14.2. The monoisotopic (exact) mass is 281 g/mol. The number of nitrogens with two attached hydrogens (primary N) is 1. The number of hydrogen-bond acceptors (Lipinski definition) is 3. The van der Waals surface area contributed by atoms with Gasteiger partial charge in [0.05, 0.1) is 17.6 Å². The van der Waals surface area contributed by atoms with E-state index in [1.165, 1.54) is 0 Å². The van der Waals surface area contributed by atoms with Gasteiger partial charge in [0.2, 0.25) is 5.95 Å². The molecule has 2 aromatic rings. The van der Waals surface area contributed by atoms with Crippen molar-refractivity contribution < 1.29 is 4.74 Å². The van der Waals surface area contributed by atoms with Crippen molar-refractivity contribution in [2.75, 3.05) is 18.9 Å². The Balaban J connectivity index is 1.98. The van der Waals surface area contributed by atoms with Crippen LogP contribution in [0.25, 0.3) is 11.0 Å². The van der Waals surface area contributed by atoms with Gasteiger partial charge in [0.25, 0.3) is 0 Å². The van der Waals surface area contributed by atoms with E-state index >= 15 is 0 Å². The highest BCUT2D eigenvalue weighted by atomic mass is 35.5. The highest BCUT2D eigenvalue weighted by Crippen LogP contribution is 2.21. The number of imidazole rings is 1. The van der Waals surface area contributed by atoms with Crippen molar-refractivity contribution in [3.63, 3.8) is 0 Å². The van der Waals surface area contributed by atoms with Crippen LogP contribution in [0.4, 0.5) is 5.95 Å². The molecule has 5 heteroatoms. The number of rotatable bonds is 6. The Hall–Kier alpha value is -1.26. The van der Waals surface area contributed by atoms with Gasteiger partial charge >= 0.3 is 0 Å². The average Bonchev–Trinajstić information content (AvgIpc) is 2.64. The molecule has 2 rings (SSSR count). The molecule has 1 aromatic heterocycles. The lowest BCUT2D eigenvalue weighted by molar-refractivity contribution is 0.117. The minimum absolute atomic E-state index is 0.504. The van der Waals surface area contributed by atoms with Crippen LogP contribution < -0.4 is 5.73 Å². The standard InChI is InChI=1S/C14H20ClN3O/c1-10(2)5-7-19-8-6-18-13-4-3-11(15)9-12(13)17-14(18)16/h3-4,9-10H,5-8H2,1-2H3,(H2,16,17). The van der Waals surface area contributed by atoms with Gasteiger partial charge in [-0.05, 0) is 30.5 Å². The largest absolute Gasteiger partial charge is 0.380 e. The zero-order valence-corrected chi connectivity index (χ0v) is 12.2. The fraction of sp³-hybridized carbons (Fsp3) is 0.500. The maximum Gasteiger partial charge on any atom is 0.201 e. The van der Waals surface area contributed by atoms with E-state index in [0.29, 0.717) is 30.0 Å². The molecule has 104 valence electrons. The molecule has 0 unspecified atom stereocenters. The van der Waals surface area contributed by atoms with Gasteiger partial charge in [-0.2, -0.15) is 0 Å². The second kappa shape index (κ2) is 6.26. The number of benzene rings is 1. The van der Waals surface area contributed by atoms with E-state index < -0.39 is 0 Å². The molecule has 0 aliphatic heterocycles. The number of fused-ring (bicyclic) bond motifs is 1. The highest BCUT2D eigenvalue weighted by Gasteiger charge is 2.08. The summed E-state index contributed by atoms with van der Waals surface area (Å²) in [6.07, 6.45) is 1.08. The summed E-state index contributed by atoms with van der Waals surface area (Å²) in [6, 6.07) is 5.61. The summed E-state index contributed by atoms with van der Waals surface area (Å²) < 4.78 is 7.57. The Labute approximate surface area is 118 Å². The molecule has 2 N–H and O–H groups in total. The van der Waals surface area contributed by atoms with Crippen LogP contribution in [-0.2, 0) is 11.3 Å². The molecule has 0 radical (unpaired) electrons. The van der Waals surface area contributed by atoms with Crippen LogP contribution in [0.2, 0.25) is 5.02 Å². The first-order valence-electron chi connectivity index (χ1n) is 6.57. The van der Waals surface area contributed by atoms with Crippen molar-refractivity contribution in [2.24, 2.45) is 5.92 Å². The van der Waals surface area contributed by atoms with E-state index in [2.05, 4.69) is 18.8 Å². The topological polar surface area (TPSA) is 53.1 Å². The summed E-state index contributed by atoms with van der Waals surface area (Å²) in [6.45, 7) is 6.52. The number of aromatic nitrogens is 2. The first-order chi connectivity index (χ1) is 9.08. The van der Waals surface area contributed by atoms with E-state index in [9.17, 15) is 0 Å². The van der Waals surface area contributed by atoms with Crippen molar-refractivity contribution in [1.82, 2.24) is 9.55 Å². The van der Waals surface area contributed by atoms with E-state index in [1.54, 1.807) is 0 Å². The van der Waals surface area contributed by atoms with Gasteiger partial charge in [0, 0.05) is 18.2 Å². The lowest BCUT2D eigenvalue weighted by atomic mass is 10.1. The molecule has 0 spiro atoms. The Bertz CT molecular complexity index is 551. The van der Waals surface area contributed by atoms with Crippen LogP contribution in [0.1, 0.15) is 20.3 Å². The summed E-state index contributed by atoms with van der Waals surface area (Å²) in [5, 5.41) is 0.672. The van der Waals surface area contributed by atoms with Gasteiger partial charge in [-0.15, -0.1) is 0 Å². The van der Waals surface area contributed by atoms with Gasteiger partial charge in [-0.1, -0.05) is 25.4 Å². The second-order valence-electron chi connectivity index (χ2n) is 5.05. The predicted octanol–water partition coefficient (Wildman–Crippen LogP) is 3.33. The van der Waals surface area contributed by atoms with Crippen LogP contribution in [0.15, 0.2) is 18.2 Å². The van der Waals surface area contributed by atoms with Gasteiger partial charge in [-0.25, -0.2) is 4.98 Å². The van der Waals surface area contributed by atoms with Crippen LogP contribution in [0.5, 0.6) is 0 Å². The molecule has 0 aliphatic rings. The molecule has 0 bridgehead atoms. The van der Waals surface area contributed by atoms with Crippen molar-refractivity contribution >= 4 is 28.6 Å². The predicted molar refractivity (Wildman–Crippen MR) is 79.4 cm³/mol. The van der Waals surface area contributed by atoms with E-state index in [-0.39, 0.29) is 0 Å². The molecule has 0 saturated carbocycles. The van der Waals surface area contributed by atoms with Gasteiger partial charge < -0.3 is 15.0 Å². The molecule has 1 heterocycles. The van der Waals surface area contributed by atoms with E-state index in [4.69, 9.17) is 22.1 Å². The van der Waals surface area contributed by atoms with Gasteiger partial charge in [-0.3, -0.25) is 0 Å². The molecule has 0 aliphatic carbocycles. The smallest absolute Gasteiger partial charge is 0.201 e. The number of halogens is 1. The Kier molecular flexibility index (Phi) is 4.66. The molecule has 19 heavy (non-hydrogen) atoms. The third-order valence-corrected chi connectivity index (χ3v) is 3.27. The summed E-state index contributed by atoms with van der Waals surface area (Å²) in [4.78, 5) is 4.30. The van der Waals surface area contributed by atoms with Crippen LogP contribution in [-0.4, -0.2) is 22.8 Å². The number of nitrogens with zero attached hydrogens (tertiary/aromatic N) is 2. The third kappa shape index (κ3) is 3.61. The molecule has 0 saturated heterocycles. The molecule has 4 nitrogen and oxygen atoms in total. The molecular weight excluding hydrogens is 262 g/mol. The molecular formula is C14H20ClN3O. The summed E-state index contributed by atoms with van der Waals surface area (Å²) >= 11 is 5.94. The molecule has 0 amide bonds. The summed E-state index contributed by atoms with van der Waals surface area (Å²) in [5.74, 6) is 1.17. The number of anilines is 1. The zero-order valence-electron chi connectivity index (χ0n) is 11.4. The SMILES string of the molecule is CC(C)CCOCCn1c(N)nc2cc(Cl)ccc21.